The molecule has 1 amide bonds. The van der Waals surface area contributed by atoms with Crippen LogP contribution in [0.3, 0.4) is 0 Å². The molecule has 0 radical (unpaired) electrons. The molecule has 0 spiro atoms. The Hall–Kier alpha value is -1.78. The first-order valence-corrected chi connectivity index (χ1v) is 11.4. The molecule has 1 heterocycles. The topological polar surface area (TPSA) is 38.3 Å². The zero-order chi connectivity index (χ0) is 16.8. The molecule has 5 heteroatoms. The van der Waals surface area contributed by atoms with E-state index in [1.54, 1.807) is 7.11 Å². The van der Waals surface area contributed by atoms with Crippen LogP contribution in [0.2, 0.25) is 24.7 Å². The molecule has 23 heavy (non-hydrogen) atoms. The van der Waals surface area contributed by atoms with Gasteiger partial charge in [0.05, 0.1) is 20.2 Å². The van der Waals surface area contributed by atoms with Crippen molar-refractivity contribution in [3.05, 3.63) is 58.6 Å². The number of nitrogens with one attached hydrogen (secondary N) is 1. The van der Waals surface area contributed by atoms with Crippen molar-refractivity contribution in [1.29, 1.82) is 0 Å². The van der Waals surface area contributed by atoms with Gasteiger partial charge in [-0.2, -0.15) is 0 Å². The molecular weight excluding hydrogens is 326 g/mol. The van der Waals surface area contributed by atoms with Crippen molar-refractivity contribution < 1.29 is 9.53 Å². The van der Waals surface area contributed by atoms with Crippen molar-refractivity contribution in [3.63, 3.8) is 0 Å². The number of carbonyl (C=O) groups is 1. The Bertz CT molecular complexity index is 785. The van der Waals surface area contributed by atoms with Crippen LogP contribution in [0.25, 0.3) is 0 Å². The molecule has 0 saturated heterocycles. The highest BCUT2D eigenvalue weighted by Gasteiger charge is 2.57. The SMILES string of the molecule is COc1ccccc1C1([Si](C)(C)C)C(=O)Nc2ccc(Cl)cc21. The monoisotopic (exact) mass is 345 g/mol. The molecule has 1 aliphatic heterocycles. The van der Waals surface area contributed by atoms with Crippen LogP contribution in [0.4, 0.5) is 5.69 Å². The van der Waals surface area contributed by atoms with Gasteiger partial charge in [0.2, 0.25) is 5.91 Å². The van der Waals surface area contributed by atoms with E-state index in [1.807, 2.05) is 42.5 Å². The van der Waals surface area contributed by atoms with Gasteiger partial charge in [0.15, 0.2) is 0 Å². The fourth-order valence-corrected chi connectivity index (χ4v) is 6.59. The Labute approximate surface area is 142 Å². The summed E-state index contributed by atoms with van der Waals surface area (Å²) < 4.78 is 5.58. The first-order chi connectivity index (χ1) is 10.8. The Kier molecular flexibility index (Phi) is 3.77. The molecule has 1 unspecified atom stereocenters. The summed E-state index contributed by atoms with van der Waals surface area (Å²) in [6.45, 7) is 6.61. The third kappa shape index (κ3) is 2.20. The van der Waals surface area contributed by atoms with E-state index in [-0.39, 0.29) is 5.91 Å². The van der Waals surface area contributed by atoms with Gasteiger partial charge < -0.3 is 10.1 Å². The fourth-order valence-electron chi connectivity index (χ4n) is 3.64. The van der Waals surface area contributed by atoms with Crippen molar-refractivity contribution in [3.8, 4) is 5.75 Å². The number of benzene rings is 2. The standard InChI is InChI=1S/C18H20ClNO2Si/c1-22-16-8-6-5-7-13(16)18(23(2,3)4)14-11-12(19)9-10-15(14)20-17(18)21/h5-11H,1-4H3,(H,20,21). The summed E-state index contributed by atoms with van der Waals surface area (Å²) in [5.74, 6) is 0.747. The molecule has 2 aromatic rings. The molecule has 0 aliphatic carbocycles. The minimum absolute atomic E-state index is 0.0124. The number of carbonyl (C=O) groups excluding carboxylic acids is 1. The molecule has 3 nitrogen and oxygen atoms in total. The molecule has 2 aromatic carbocycles. The summed E-state index contributed by atoms with van der Waals surface area (Å²) in [6.07, 6.45) is 0. The second kappa shape index (κ2) is 5.39. The summed E-state index contributed by atoms with van der Waals surface area (Å²) in [4.78, 5) is 13.2. The van der Waals surface area contributed by atoms with Crippen molar-refractivity contribution >= 4 is 31.3 Å². The molecule has 0 saturated carbocycles. The maximum atomic E-state index is 13.2. The number of rotatable bonds is 3. The normalized spacial score (nSPS) is 20.1. The largest absolute Gasteiger partial charge is 0.496 e. The van der Waals surface area contributed by atoms with Crippen LogP contribution >= 0.6 is 11.6 Å². The zero-order valence-electron chi connectivity index (χ0n) is 13.7. The van der Waals surface area contributed by atoms with Gasteiger partial charge >= 0.3 is 0 Å². The Morgan fingerprint density at radius 3 is 2.43 bits per heavy atom. The number of ether oxygens (including phenoxy) is 1. The summed E-state index contributed by atoms with van der Waals surface area (Å²) in [5.41, 5.74) is 2.71. The quantitative estimate of drug-likeness (QED) is 0.834. The molecule has 0 fully saturated rings. The lowest BCUT2D eigenvalue weighted by Gasteiger charge is -2.40. The molecular formula is C18H20ClNO2Si. The van der Waals surface area contributed by atoms with Crippen molar-refractivity contribution in [1.82, 2.24) is 0 Å². The van der Waals surface area contributed by atoms with Crippen LogP contribution in [0.1, 0.15) is 11.1 Å². The zero-order valence-corrected chi connectivity index (χ0v) is 15.5. The number of amides is 1. The van der Waals surface area contributed by atoms with Crippen LogP contribution in [0, 0.1) is 0 Å². The third-order valence-corrected chi connectivity index (χ3v) is 7.86. The lowest BCUT2D eigenvalue weighted by molar-refractivity contribution is -0.117. The second-order valence-electron chi connectivity index (χ2n) is 6.84. The first kappa shape index (κ1) is 16.1. The Balaban J connectivity index is 2.42. The number of fused-ring (bicyclic) bond motifs is 1. The molecule has 1 atom stereocenters. The minimum Gasteiger partial charge on any atom is -0.496 e. The summed E-state index contributed by atoms with van der Waals surface area (Å²) in [7, 11) is -0.409. The highest BCUT2D eigenvalue weighted by atomic mass is 35.5. The number of hydrogen-bond donors (Lipinski definition) is 1. The van der Waals surface area contributed by atoms with Gasteiger partial charge in [0.1, 0.15) is 5.75 Å². The van der Waals surface area contributed by atoms with E-state index in [1.165, 1.54) is 0 Å². The summed E-state index contributed by atoms with van der Waals surface area (Å²) in [6, 6.07) is 13.4. The van der Waals surface area contributed by atoms with Gasteiger partial charge in [-0.25, -0.2) is 0 Å². The first-order valence-electron chi connectivity index (χ1n) is 7.57. The van der Waals surface area contributed by atoms with Gasteiger partial charge in [0, 0.05) is 16.3 Å². The lowest BCUT2D eigenvalue weighted by atomic mass is 9.90. The second-order valence-corrected chi connectivity index (χ2v) is 12.5. The van der Waals surface area contributed by atoms with Gasteiger partial charge in [-0.05, 0) is 29.8 Å². The minimum atomic E-state index is -2.05. The summed E-state index contributed by atoms with van der Waals surface area (Å²) in [5, 5.41) is 2.97. The van der Waals surface area contributed by atoms with E-state index >= 15 is 0 Å². The van der Waals surface area contributed by atoms with Crippen LogP contribution < -0.4 is 10.1 Å². The predicted octanol–water partition coefficient (Wildman–Crippen LogP) is 4.46. The maximum Gasteiger partial charge on any atom is 0.236 e. The van der Waals surface area contributed by atoms with E-state index in [4.69, 9.17) is 16.3 Å². The fraction of sp³-hybridized carbons (Fsp3) is 0.278. The van der Waals surface area contributed by atoms with Crippen molar-refractivity contribution in [2.45, 2.75) is 24.7 Å². The van der Waals surface area contributed by atoms with Crippen LogP contribution in [0.5, 0.6) is 5.75 Å². The molecule has 0 bridgehead atoms. The van der Waals surface area contributed by atoms with Crippen LogP contribution in [0.15, 0.2) is 42.5 Å². The van der Waals surface area contributed by atoms with Gasteiger partial charge in [-0.15, -0.1) is 0 Å². The van der Waals surface area contributed by atoms with E-state index in [0.717, 1.165) is 22.6 Å². The van der Waals surface area contributed by atoms with Gasteiger partial charge in [-0.1, -0.05) is 49.4 Å². The van der Waals surface area contributed by atoms with E-state index in [2.05, 4.69) is 25.0 Å². The average Bonchev–Trinajstić information content (AvgIpc) is 2.79. The Morgan fingerprint density at radius 1 is 1.09 bits per heavy atom. The third-order valence-electron chi connectivity index (χ3n) is 4.61. The molecule has 0 aromatic heterocycles. The number of para-hydroxylation sites is 1. The van der Waals surface area contributed by atoms with Crippen molar-refractivity contribution in [2.24, 2.45) is 0 Å². The lowest BCUT2D eigenvalue weighted by Crippen LogP contribution is -2.55. The number of hydrogen-bond acceptors (Lipinski definition) is 2. The molecule has 120 valence electrons. The van der Waals surface area contributed by atoms with Gasteiger partial charge in [0.25, 0.3) is 0 Å². The molecule has 1 N–H and O–H groups in total. The number of methoxy groups -OCH3 is 1. The predicted molar refractivity (Wildman–Crippen MR) is 97.2 cm³/mol. The maximum absolute atomic E-state index is 13.2. The molecule has 1 aliphatic rings. The highest BCUT2D eigenvalue weighted by Crippen LogP contribution is 2.51. The highest BCUT2D eigenvalue weighted by molar-refractivity contribution is 6.84. The number of anilines is 1. The van der Waals surface area contributed by atoms with Crippen molar-refractivity contribution in [2.75, 3.05) is 12.4 Å². The number of halogens is 1. The summed E-state index contributed by atoms with van der Waals surface area (Å²) >= 11 is 6.25. The van der Waals surface area contributed by atoms with E-state index in [9.17, 15) is 4.79 Å². The average molecular weight is 346 g/mol. The van der Waals surface area contributed by atoms with Gasteiger partial charge in [-0.3, -0.25) is 4.79 Å². The van der Waals surface area contributed by atoms with Crippen LogP contribution in [-0.4, -0.2) is 21.1 Å². The van der Waals surface area contributed by atoms with Crippen LogP contribution in [-0.2, 0) is 9.83 Å². The smallest absolute Gasteiger partial charge is 0.236 e. The van der Waals surface area contributed by atoms with E-state index in [0.29, 0.717) is 5.02 Å². The van der Waals surface area contributed by atoms with E-state index < -0.39 is 13.1 Å². The molecule has 3 rings (SSSR count). The Morgan fingerprint density at radius 2 is 1.78 bits per heavy atom.